The largest absolute Gasteiger partial charge is 0.379 e. The molecular weight excluding hydrogens is 300 g/mol. The number of morpholine rings is 1. The smallest absolute Gasteiger partial charge is 0.188 e. The number of hydrogen-bond acceptors (Lipinski definition) is 6. The molecule has 1 aliphatic heterocycles. The van der Waals surface area contributed by atoms with Gasteiger partial charge in [-0.3, -0.25) is 4.90 Å². The number of nitrogens with zero attached hydrogens (tertiary/aromatic N) is 4. The predicted molar refractivity (Wildman–Crippen MR) is 91.6 cm³/mol. The number of anilines is 1. The minimum Gasteiger partial charge on any atom is -0.379 e. The van der Waals surface area contributed by atoms with Crippen molar-refractivity contribution < 1.29 is 4.74 Å². The summed E-state index contributed by atoms with van der Waals surface area (Å²) in [5, 5.41) is 6.16. The number of guanidine groups is 1. The maximum absolute atomic E-state index is 5.88. The summed E-state index contributed by atoms with van der Waals surface area (Å²) in [5.74, 6) is 0.487. The molecule has 3 N–H and O–H groups in total. The summed E-state index contributed by atoms with van der Waals surface area (Å²) in [6.45, 7) is 6.18. The van der Waals surface area contributed by atoms with Gasteiger partial charge in [0.1, 0.15) is 0 Å². The van der Waals surface area contributed by atoms with Crippen molar-refractivity contribution in [3.8, 4) is 0 Å². The number of thiazole rings is 1. The fraction of sp³-hybridized carbons (Fsp3) is 0.714. The number of rotatable bonds is 7. The molecule has 0 aromatic carbocycles. The average molecular weight is 326 g/mol. The van der Waals surface area contributed by atoms with Crippen LogP contribution in [0, 0.1) is 0 Å². The summed E-state index contributed by atoms with van der Waals surface area (Å²) >= 11 is 1.62. The number of ether oxygens (including phenoxy) is 1. The van der Waals surface area contributed by atoms with Gasteiger partial charge < -0.3 is 20.7 Å². The van der Waals surface area contributed by atoms with Gasteiger partial charge in [-0.05, 0) is 13.0 Å². The summed E-state index contributed by atoms with van der Waals surface area (Å²) in [4.78, 5) is 13.2. The third-order valence-electron chi connectivity index (χ3n) is 3.39. The molecule has 8 heteroatoms. The number of aliphatic imine (C=N–C) groups is 1. The van der Waals surface area contributed by atoms with Crippen molar-refractivity contribution in [1.82, 2.24) is 15.2 Å². The molecule has 1 aromatic rings. The SMILES string of the molecule is CN(C)c1nc(CN=C(N)NCCCN2CCOCC2)cs1. The summed E-state index contributed by atoms with van der Waals surface area (Å²) < 4.78 is 5.33. The molecule has 0 unspecified atom stereocenters. The van der Waals surface area contributed by atoms with E-state index in [0.717, 1.165) is 56.6 Å². The Balaban J connectivity index is 1.62. The van der Waals surface area contributed by atoms with Crippen molar-refractivity contribution in [2.75, 3.05) is 58.4 Å². The van der Waals surface area contributed by atoms with E-state index in [1.807, 2.05) is 24.4 Å². The van der Waals surface area contributed by atoms with E-state index in [2.05, 4.69) is 20.2 Å². The summed E-state index contributed by atoms with van der Waals surface area (Å²) in [6, 6.07) is 0. The van der Waals surface area contributed by atoms with E-state index in [-0.39, 0.29) is 0 Å². The molecule has 1 aromatic heterocycles. The Kier molecular flexibility index (Phi) is 6.88. The highest BCUT2D eigenvalue weighted by Gasteiger charge is 2.09. The Hall–Kier alpha value is -1.38. The van der Waals surface area contributed by atoms with Crippen LogP contribution in [0.15, 0.2) is 10.4 Å². The van der Waals surface area contributed by atoms with Crippen molar-refractivity contribution >= 4 is 22.4 Å². The van der Waals surface area contributed by atoms with Crippen LogP contribution in [0.3, 0.4) is 0 Å². The van der Waals surface area contributed by atoms with Gasteiger partial charge in [0.15, 0.2) is 11.1 Å². The number of nitrogens with two attached hydrogens (primary N) is 1. The lowest BCUT2D eigenvalue weighted by Crippen LogP contribution is -2.39. The van der Waals surface area contributed by atoms with E-state index in [0.29, 0.717) is 12.5 Å². The summed E-state index contributed by atoms with van der Waals surface area (Å²) in [7, 11) is 3.96. The van der Waals surface area contributed by atoms with E-state index in [4.69, 9.17) is 10.5 Å². The summed E-state index contributed by atoms with van der Waals surface area (Å²) in [6.07, 6.45) is 1.05. The zero-order valence-corrected chi connectivity index (χ0v) is 14.2. The topological polar surface area (TPSA) is 79.0 Å². The molecule has 2 rings (SSSR count). The molecule has 0 spiro atoms. The molecule has 22 heavy (non-hydrogen) atoms. The van der Waals surface area contributed by atoms with Crippen molar-refractivity contribution in [2.24, 2.45) is 10.7 Å². The van der Waals surface area contributed by atoms with Gasteiger partial charge >= 0.3 is 0 Å². The van der Waals surface area contributed by atoms with E-state index in [1.165, 1.54) is 0 Å². The fourth-order valence-electron chi connectivity index (χ4n) is 2.14. The third kappa shape index (κ3) is 5.78. The van der Waals surface area contributed by atoms with Crippen molar-refractivity contribution in [1.29, 1.82) is 0 Å². The van der Waals surface area contributed by atoms with Gasteiger partial charge in [0, 0.05) is 39.1 Å². The zero-order chi connectivity index (χ0) is 15.8. The molecule has 0 atom stereocenters. The van der Waals surface area contributed by atoms with Gasteiger partial charge in [0.05, 0.1) is 25.5 Å². The van der Waals surface area contributed by atoms with Crippen LogP contribution in [0.25, 0.3) is 0 Å². The Morgan fingerprint density at radius 3 is 2.95 bits per heavy atom. The highest BCUT2D eigenvalue weighted by atomic mass is 32.1. The van der Waals surface area contributed by atoms with Gasteiger partial charge in [-0.15, -0.1) is 11.3 Å². The van der Waals surface area contributed by atoms with Crippen LogP contribution >= 0.6 is 11.3 Å². The van der Waals surface area contributed by atoms with Gasteiger partial charge in [-0.1, -0.05) is 0 Å². The van der Waals surface area contributed by atoms with Crippen LogP contribution < -0.4 is 16.0 Å². The monoisotopic (exact) mass is 326 g/mol. The highest BCUT2D eigenvalue weighted by molar-refractivity contribution is 7.13. The van der Waals surface area contributed by atoms with Crippen LogP contribution in [0.2, 0.25) is 0 Å². The predicted octanol–water partition coefficient (Wildman–Crippen LogP) is 0.336. The lowest BCUT2D eigenvalue weighted by molar-refractivity contribution is 0.0376. The Morgan fingerprint density at radius 1 is 1.50 bits per heavy atom. The molecular formula is C14H26N6OS. The second kappa shape index (κ2) is 8.92. The second-order valence-corrected chi connectivity index (χ2v) is 6.29. The molecule has 1 aliphatic rings. The minimum absolute atomic E-state index is 0.487. The zero-order valence-electron chi connectivity index (χ0n) is 13.4. The molecule has 7 nitrogen and oxygen atoms in total. The lowest BCUT2D eigenvalue weighted by Gasteiger charge is -2.26. The number of nitrogens with one attached hydrogen (secondary N) is 1. The molecule has 0 bridgehead atoms. The molecule has 124 valence electrons. The molecule has 0 saturated carbocycles. The first-order valence-electron chi connectivity index (χ1n) is 7.61. The fourth-order valence-corrected chi connectivity index (χ4v) is 2.89. The molecule has 2 heterocycles. The number of aromatic nitrogens is 1. The number of hydrogen-bond donors (Lipinski definition) is 2. The van der Waals surface area contributed by atoms with Crippen molar-refractivity contribution in [2.45, 2.75) is 13.0 Å². The van der Waals surface area contributed by atoms with Crippen LogP contribution in [-0.4, -0.2) is 69.3 Å². The van der Waals surface area contributed by atoms with E-state index >= 15 is 0 Å². The Morgan fingerprint density at radius 2 is 2.27 bits per heavy atom. The molecule has 1 saturated heterocycles. The quantitative estimate of drug-likeness (QED) is 0.427. The van der Waals surface area contributed by atoms with E-state index < -0.39 is 0 Å². The van der Waals surface area contributed by atoms with Crippen LogP contribution in [0.1, 0.15) is 12.1 Å². The van der Waals surface area contributed by atoms with Crippen molar-refractivity contribution in [3.05, 3.63) is 11.1 Å². The molecule has 0 amide bonds. The normalized spacial score (nSPS) is 16.7. The first kappa shape index (κ1) is 17.0. The Bertz CT molecular complexity index is 470. The van der Waals surface area contributed by atoms with Gasteiger partial charge in [-0.25, -0.2) is 9.98 Å². The van der Waals surface area contributed by atoms with E-state index in [1.54, 1.807) is 11.3 Å². The van der Waals surface area contributed by atoms with Gasteiger partial charge in [0.2, 0.25) is 0 Å². The van der Waals surface area contributed by atoms with Gasteiger partial charge in [0.25, 0.3) is 0 Å². The molecule has 0 radical (unpaired) electrons. The van der Waals surface area contributed by atoms with Crippen LogP contribution in [-0.2, 0) is 11.3 Å². The van der Waals surface area contributed by atoms with Crippen molar-refractivity contribution in [3.63, 3.8) is 0 Å². The van der Waals surface area contributed by atoms with Crippen LogP contribution in [0.4, 0.5) is 5.13 Å². The maximum atomic E-state index is 5.88. The minimum atomic E-state index is 0.487. The Labute approximate surface area is 136 Å². The van der Waals surface area contributed by atoms with Crippen LogP contribution in [0.5, 0.6) is 0 Å². The van der Waals surface area contributed by atoms with E-state index in [9.17, 15) is 0 Å². The van der Waals surface area contributed by atoms with Gasteiger partial charge in [-0.2, -0.15) is 0 Å². The highest BCUT2D eigenvalue weighted by Crippen LogP contribution is 2.18. The summed E-state index contributed by atoms with van der Waals surface area (Å²) in [5.41, 5.74) is 6.83. The lowest BCUT2D eigenvalue weighted by atomic mass is 10.3. The first-order valence-corrected chi connectivity index (χ1v) is 8.49. The third-order valence-corrected chi connectivity index (χ3v) is 4.45. The average Bonchev–Trinajstić information content (AvgIpc) is 3.00. The molecule has 1 fully saturated rings. The maximum Gasteiger partial charge on any atom is 0.188 e. The second-order valence-electron chi connectivity index (χ2n) is 5.45. The first-order chi connectivity index (χ1) is 10.6. The standard InChI is InChI=1S/C14H26N6OS/c1-19(2)14-18-12(11-22-14)10-17-13(15)16-4-3-5-20-6-8-21-9-7-20/h11H,3-10H2,1-2H3,(H3,15,16,17). The molecule has 0 aliphatic carbocycles.